The largest absolute Gasteiger partial charge is 0.290 e. The van der Waals surface area contributed by atoms with Crippen molar-refractivity contribution in [2.45, 2.75) is 50.6 Å². The lowest BCUT2D eigenvalue weighted by Gasteiger charge is -2.47. The number of benzene rings is 1. The van der Waals surface area contributed by atoms with Gasteiger partial charge >= 0.3 is 0 Å². The zero-order valence-corrected chi connectivity index (χ0v) is 11.1. The van der Waals surface area contributed by atoms with Gasteiger partial charge < -0.3 is 0 Å². The van der Waals surface area contributed by atoms with E-state index in [4.69, 9.17) is 0 Å². The Bertz CT molecular complexity index is 409. The van der Waals surface area contributed by atoms with E-state index in [0.717, 1.165) is 6.54 Å². The van der Waals surface area contributed by atoms with Gasteiger partial charge in [0.2, 0.25) is 0 Å². The molecule has 1 nitrogen and oxygen atoms in total. The van der Waals surface area contributed by atoms with Gasteiger partial charge in [0.05, 0.1) is 0 Å². The molecule has 0 radical (unpaired) electrons. The topological polar surface area (TPSA) is 3.24 Å². The molecule has 1 aromatic carbocycles. The van der Waals surface area contributed by atoms with Gasteiger partial charge in [0.1, 0.15) is 0 Å². The third-order valence-corrected chi connectivity index (χ3v) is 4.54. The molecule has 2 aliphatic rings. The average molecular weight is 241 g/mol. The highest BCUT2D eigenvalue weighted by molar-refractivity contribution is 5.18. The van der Waals surface area contributed by atoms with Gasteiger partial charge in [0.15, 0.2) is 0 Å². The number of hydrogen-bond acceptors (Lipinski definition) is 1. The smallest absolute Gasteiger partial charge is 0.0394 e. The van der Waals surface area contributed by atoms with Crippen molar-refractivity contribution in [3.8, 4) is 0 Å². The van der Waals surface area contributed by atoms with Crippen LogP contribution in [-0.2, 0) is 6.54 Å². The Balaban J connectivity index is 1.80. The van der Waals surface area contributed by atoms with Crippen molar-refractivity contribution >= 4 is 0 Å². The van der Waals surface area contributed by atoms with E-state index in [2.05, 4.69) is 47.4 Å². The second-order valence-electron chi connectivity index (χ2n) is 5.76. The molecule has 1 atom stereocenters. The summed E-state index contributed by atoms with van der Waals surface area (Å²) in [5.41, 5.74) is 1.84. The minimum Gasteiger partial charge on any atom is -0.290 e. The Morgan fingerprint density at radius 2 is 1.83 bits per heavy atom. The summed E-state index contributed by atoms with van der Waals surface area (Å²) >= 11 is 0. The van der Waals surface area contributed by atoms with E-state index in [9.17, 15) is 0 Å². The van der Waals surface area contributed by atoms with Crippen molar-refractivity contribution < 1.29 is 0 Å². The number of hydrogen-bond donors (Lipinski definition) is 0. The minimum atomic E-state index is 0.381. The molecule has 3 rings (SSSR count). The van der Waals surface area contributed by atoms with Gasteiger partial charge in [0.25, 0.3) is 0 Å². The van der Waals surface area contributed by atoms with Crippen LogP contribution in [0.4, 0.5) is 0 Å². The molecule has 0 N–H and O–H groups in total. The first kappa shape index (κ1) is 12.0. The van der Waals surface area contributed by atoms with E-state index in [0.29, 0.717) is 5.54 Å². The molecule has 1 aliphatic carbocycles. The minimum absolute atomic E-state index is 0.381. The molecule has 1 heterocycles. The molecule has 18 heavy (non-hydrogen) atoms. The summed E-state index contributed by atoms with van der Waals surface area (Å²) in [6.07, 6.45) is 13.0. The highest BCUT2D eigenvalue weighted by Gasteiger charge is 2.36. The standard InChI is InChI=1S/C17H23N/c1-3-9-16(10-4-1)15-18-14-8-7-13-17(18)11-5-2-6-12-17/h1,3-5,9-11H,2,6-8,12-15H2. The maximum Gasteiger partial charge on any atom is 0.0394 e. The second kappa shape index (κ2) is 5.27. The third kappa shape index (κ3) is 2.37. The Morgan fingerprint density at radius 1 is 1.00 bits per heavy atom. The molecule has 1 spiro atoms. The normalized spacial score (nSPS) is 28.7. The van der Waals surface area contributed by atoms with Crippen molar-refractivity contribution in [2.24, 2.45) is 0 Å². The molecule has 1 aliphatic heterocycles. The molecule has 1 saturated heterocycles. The lowest BCUT2D eigenvalue weighted by molar-refractivity contribution is 0.0651. The molecule has 0 aromatic heterocycles. The third-order valence-electron chi connectivity index (χ3n) is 4.54. The maximum atomic E-state index is 2.72. The average Bonchev–Trinajstić information content (AvgIpc) is 2.44. The molecule has 1 heteroatoms. The van der Waals surface area contributed by atoms with Gasteiger partial charge in [-0.3, -0.25) is 4.90 Å². The van der Waals surface area contributed by atoms with Gasteiger partial charge in [-0.2, -0.15) is 0 Å². The number of piperidine rings is 1. The van der Waals surface area contributed by atoms with Crippen LogP contribution in [0.25, 0.3) is 0 Å². The first-order valence-electron chi connectivity index (χ1n) is 7.36. The van der Waals surface area contributed by atoms with Gasteiger partial charge in [0, 0.05) is 12.1 Å². The fourth-order valence-electron chi connectivity index (χ4n) is 3.54. The molecule has 1 unspecified atom stereocenters. The Kier molecular flexibility index (Phi) is 3.51. The maximum absolute atomic E-state index is 2.72. The summed E-state index contributed by atoms with van der Waals surface area (Å²) in [5, 5.41) is 0. The number of rotatable bonds is 2. The summed E-state index contributed by atoms with van der Waals surface area (Å²) in [6, 6.07) is 10.9. The SMILES string of the molecule is C1=CC2(CCC1)CCCCN2Cc1ccccc1. The van der Waals surface area contributed by atoms with Gasteiger partial charge in [-0.1, -0.05) is 48.9 Å². The fourth-order valence-corrected chi connectivity index (χ4v) is 3.54. The lowest BCUT2D eigenvalue weighted by Crippen LogP contribution is -2.50. The van der Waals surface area contributed by atoms with Crippen molar-refractivity contribution in [3.63, 3.8) is 0 Å². The first-order valence-corrected chi connectivity index (χ1v) is 7.36. The summed E-state index contributed by atoms with van der Waals surface area (Å²) in [4.78, 5) is 2.72. The van der Waals surface area contributed by atoms with Crippen LogP contribution >= 0.6 is 0 Å². The second-order valence-corrected chi connectivity index (χ2v) is 5.76. The molecule has 1 fully saturated rings. The van der Waals surface area contributed by atoms with Crippen LogP contribution in [0.2, 0.25) is 0 Å². The predicted molar refractivity (Wildman–Crippen MR) is 76.4 cm³/mol. The molecule has 1 aromatic rings. The zero-order chi connectivity index (χ0) is 12.3. The lowest BCUT2D eigenvalue weighted by atomic mass is 9.79. The molecule has 0 amide bonds. The van der Waals surface area contributed by atoms with Crippen LogP contribution in [-0.4, -0.2) is 17.0 Å². The first-order chi connectivity index (χ1) is 8.89. The van der Waals surface area contributed by atoms with Gasteiger partial charge in [-0.25, -0.2) is 0 Å². The van der Waals surface area contributed by atoms with Crippen LogP contribution in [0.5, 0.6) is 0 Å². The highest BCUT2D eigenvalue weighted by atomic mass is 15.2. The summed E-state index contributed by atoms with van der Waals surface area (Å²) in [5.74, 6) is 0. The number of allylic oxidation sites excluding steroid dienone is 1. The molecule has 0 saturated carbocycles. The van der Waals surface area contributed by atoms with Crippen molar-refractivity contribution in [1.82, 2.24) is 4.90 Å². The van der Waals surface area contributed by atoms with Crippen LogP contribution in [0, 0.1) is 0 Å². The predicted octanol–water partition coefficient (Wildman–Crippen LogP) is 4.15. The van der Waals surface area contributed by atoms with E-state index in [1.165, 1.54) is 50.6 Å². The molecule has 96 valence electrons. The van der Waals surface area contributed by atoms with Crippen LogP contribution in [0.15, 0.2) is 42.5 Å². The zero-order valence-electron chi connectivity index (χ0n) is 11.1. The fraction of sp³-hybridized carbons (Fsp3) is 0.529. The Labute approximate surface area is 111 Å². The van der Waals surface area contributed by atoms with Crippen molar-refractivity contribution in [3.05, 3.63) is 48.0 Å². The monoisotopic (exact) mass is 241 g/mol. The molecular weight excluding hydrogens is 218 g/mol. The number of nitrogens with zero attached hydrogens (tertiary/aromatic N) is 1. The van der Waals surface area contributed by atoms with E-state index in [1.807, 2.05) is 0 Å². The van der Waals surface area contributed by atoms with Crippen LogP contribution in [0.1, 0.15) is 44.1 Å². The van der Waals surface area contributed by atoms with E-state index in [1.54, 1.807) is 0 Å². The molecule has 0 bridgehead atoms. The Morgan fingerprint density at radius 3 is 2.61 bits per heavy atom. The summed E-state index contributed by atoms with van der Waals surface area (Å²) in [6.45, 7) is 2.38. The van der Waals surface area contributed by atoms with Crippen LogP contribution in [0.3, 0.4) is 0 Å². The molecular formula is C17H23N. The van der Waals surface area contributed by atoms with Crippen molar-refractivity contribution in [1.29, 1.82) is 0 Å². The van der Waals surface area contributed by atoms with Gasteiger partial charge in [-0.05, 0) is 44.2 Å². The van der Waals surface area contributed by atoms with E-state index < -0.39 is 0 Å². The Hall–Kier alpha value is -1.08. The van der Waals surface area contributed by atoms with Crippen LogP contribution < -0.4 is 0 Å². The van der Waals surface area contributed by atoms with E-state index in [-0.39, 0.29) is 0 Å². The quantitative estimate of drug-likeness (QED) is 0.703. The van der Waals surface area contributed by atoms with Crippen molar-refractivity contribution in [2.75, 3.05) is 6.54 Å². The number of likely N-dealkylation sites (tertiary alicyclic amines) is 1. The van der Waals surface area contributed by atoms with E-state index >= 15 is 0 Å². The summed E-state index contributed by atoms with van der Waals surface area (Å²) < 4.78 is 0. The highest BCUT2D eigenvalue weighted by Crippen LogP contribution is 2.37. The summed E-state index contributed by atoms with van der Waals surface area (Å²) in [7, 11) is 0. The van der Waals surface area contributed by atoms with Gasteiger partial charge in [-0.15, -0.1) is 0 Å².